The van der Waals surface area contributed by atoms with Crippen LogP contribution in [0.1, 0.15) is 18.4 Å². The summed E-state index contributed by atoms with van der Waals surface area (Å²) >= 11 is 0. The van der Waals surface area contributed by atoms with Gasteiger partial charge >= 0.3 is 12.0 Å². The summed E-state index contributed by atoms with van der Waals surface area (Å²) in [6.45, 7) is 0. The smallest absolute Gasteiger partial charge is 0.318 e. The van der Waals surface area contributed by atoms with Crippen LogP contribution in [0.2, 0.25) is 0 Å². The molecule has 1 aromatic rings. The van der Waals surface area contributed by atoms with Gasteiger partial charge in [0.25, 0.3) is 0 Å². The van der Waals surface area contributed by atoms with E-state index < -0.39 is 12.0 Å². The molecule has 5 heteroatoms. The summed E-state index contributed by atoms with van der Waals surface area (Å²) in [6.07, 6.45) is 1.50. The van der Waals surface area contributed by atoms with Crippen LogP contribution in [0, 0.1) is 0 Å². The van der Waals surface area contributed by atoms with Crippen LogP contribution in [0.5, 0.6) is 0 Å². The predicted molar refractivity (Wildman–Crippen MR) is 65.0 cm³/mol. The number of aryl methyl sites for hydroxylation is 1. The van der Waals surface area contributed by atoms with Crippen molar-refractivity contribution in [3.8, 4) is 0 Å². The highest BCUT2D eigenvalue weighted by Gasteiger charge is 2.05. The molecule has 5 nitrogen and oxygen atoms in total. The van der Waals surface area contributed by atoms with E-state index in [2.05, 4.69) is 0 Å². The van der Waals surface area contributed by atoms with E-state index in [1.165, 1.54) is 4.90 Å². The number of carboxylic acid groups (broad SMARTS) is 1. The van der Waals surface area contributed by atoms with Gasteiger partial charge in [-0.3, -0.25) is 9.69 Å². The van der Waals surface area contributed by atoms with E-state index >= 15 is 0 Å². The number of carbonyl (C=O) groups is 2. The van der Waals surface area contributed by atoms with Gasteiger partial charge in [0, 0.05) is 19.2 Å². The van der Waals surface area contributed by atoms with Crippen LogP contribution in [0.3, 0.4) is 0 Å². The number of rotatable bonds is 5. The fourth-order valence-corrected chi connectivity index (χ4v) is 1.46. The number of nitrogens with zero attached hydrogens (tertiary/aromatic N) is 1. The first-order valence-corrected chi connectivity index (χ1v) is 5.34. The first-order chi connectivity index (χ1) is 8.00. The molecule has 0 atom stereocenters. The molecule has 0 saturated heterocycles. The van der Waals surface area contributed by atoms with Gasteiger partial charge in [0.2, 0.25) is 0 Å². The zero-order valence-electron chi connectivity index (χ0n) is 9.72. The van der Waals surface area contributed by atoms with Crippen LogP contribution >= 0.6 is 0 Å². The maximum atomic E-state index is 10.9. The monoisotopic (exact) mass is 236 g/mol. The topological polar surface area (TPSA) is 83.6 Å². The highest BCUT2D eigenvalue weighted by Crippen LogP contribution is 2.14. The molecule has 0 aliphatic heterocycles. The molecule has 0 spiro atoms. The maximum Gasteiger partial charge on any atom is 0.318 e. The lowest BCUT2D eigenvalue weighted by Crippen LogP contribution is -2.31. The van der Waals surface area contributed by atoms with Crippen LogP contribution in [0.4, 0.5) is 10.5 Å². The molecular weight excluding hydrogens is 220 g/mol. The summed E-state index contributed by atoms with van der Waals surface area (Å²) in [5.41, 5.74) is 6.91. The highest BCUT2D eigenvalue weighted by atomic mass is 16.4. The Kier molecular flexibility index (Phi) is 4.51. The fraction of sp³-hybridized carbons (Fsp3) is 0.333. The number of anilines is 1. The second-order valence-corrected chi connectivity index (χ2v) is 3.81. The van der Waals surface area contributed by atoms with Crippen molar-refractivity contribution in [2.45, 2.75) is 19.3 Å². The number of amides is 2. The third-order valence-corrected chi connectivity index (χ3v) is 2.51. The Bertz CT molecular complexity index is 401. The van der Waals surface area contributed by atoms with E-state index in [4.69, 9.17) is 10.8 Å². The van der Waals surface area contributed by atoms with Crippen LogP contribution in [-0.2, 0) is 11.2 Å². The van der Waals surface area contributed by atoms with Crippen molar-refractivity contribution in [1.29, 1.82) is 0 Å². The first kappa shape index (κ1) is 13.0. The Morgan fingerprint density at radius 3 is 2.35 bits per heavy atom. The largest absolute Gasteiger partial charge is 0.481 e. The lowest BCUT2D eigenvalue weighted by Gasteiger charge is -2.14. The SMILES string of the molecule is CN(C(N)=O)c1ccc(CCCC(=O)O)cc1. The van der Waals surface area contributed by atoms with Crippen molar-refractivity contribution in [2.75, 3.05) is 11.9 Å². The van der Waals surface area contributed by atoms with E-state index in [1.807, 2.05) is 12.1 Å². The molecule has 0 aliphatic carbocycles. The molecule has 0 aromatic heterocycles. The summed E-state index contributed by atoms with van der Waals surface area (Å²) in [5, 5.41) is 8.51. The van der Waals surface area contributed by atoms with Gasteiger partial charge in [-0.25, -0.2) is 4.79 Å². The second-order valence-electron chi connectivity index (χ2n) is 3.81. The first-order valence-electron chi connectivity index (χ1n) is 5.34. The van der Waals surface area contributed by atoms with Gasteiger partial charge in [-0.15, -0.1) is 0 Å². The van der Waals surface area contributed by atoms with Gasteiger partial charge in [-0.05, 0) is 30.5 Å². The molecule has 2 amide bonds. The molecule has 0 bridgehead atoms. The predicted octanol–water partition coefficient (Wildman–Crippen LogP) is 1.61. The van der Waals surface area contributed by atoms with E-state index in [0.717, 1.165) is 11.3 Å². The Labute approximate surface area is 99.8 Å². The highest BCUT2D eigenvalue weighted by molar-refractivity contribution is 5.89. The van der Waals surface area contributed by atoms with E-state index in [-0.39, 0.29) is 6.42 Å². The summed E-state index contributed by atoms with van der Waals surface area (Å²) in [6, 6.07) is 6.82. The van der Waals surface area contributed by atoms with Gasteiger partial charge < -0.3 is 10.8 Å². The second kappa shape index (κ2) is 5.89. The Morgan fingerprint density at radius 1 is 1.29 bits per heavy atom. The third-order valence-electron chi connectivity index (χ3n) is 2.51. The van der Waals surface area contributed by atoms with Crippen molar-refractivity contribution in [2.24, 2.45) is 5.73 Å². The van der Waals surface area contributed by atoms with Crippen LogP contribution < -0.4 is 10.6 Å². The number of hydrogen-bond donors (Lipinski definition) is 2. The van der Waals surface area contributed by atoms with E-state index in [1.54, 1.807) is 19.2 Å². The lowest BCUT2D eigenvalue weighted by atomic mass is 10.1. The molecule has 0 heterocycles. The fourth-order valence-electron chi connectivity index (χ4n) is 1.46. The molecule has 0 unspecified atom stereocenters. The lowest BCUT2D eigenvalue weighted by molar-refractivity contribution is -0.137. The average molecular weight is 236 g/mol. The number of benzene rings is 1. The number of hydrogen-bond acceptors (Lipinski definition) is 2. The molecule has 0 radical (unpaired) electrons. The van der Waals surface area contributed by atoms with Crippen LogP contribution in [-0.4, -0.2) is 24.2 Å². The number of urea groups is 1. The standard InChI is InChI=1S/C12H16N2O3/c1-14(12(13)17)10-7-5-9(6-8-10)3-2-4-11(15)16/h5-8H,2-4H2,1H3,(H2,13,17)(H,15,16). The van der Waals surface area contributed by atoms with Crippen LogP contribution in [0.25, 0.3) is 0 Å². The van der Waals surface area contributed by atoms with Crippen molar-refractivity contribution in [1.82, 2.24) is 0 Å². The molecule has 17 heavy (non-hydrogen) atoms. The normalized spacial score (nSPS) is 9.94. The van der Waals surface area contributed by atoms with Crippen LogP contribution in [0.15, 0.2) is 24.3 Å². The summed E-state index contributed by atoms with van der Waals surface area (Å²) in [4.78, 5) is 22.6. The maximum absolute atomic E-state index is 10.9. The van der Waals surface area contributed by atoms with E-state index in [9.17, 15) is 9.59 Å². The molecule has 0 fully saturated rings. The quantitative estimate of drug-likeness (QED) is 0.814. The molecule has 92 valence electrons. The number of carbonyl (C=O) groups excluding carboxylic acids is 1. The van der Waals surface area contributed by atoms with Crippen molar-refractivity contribution < 1.29 is 14.7 Å². The summed E-state index contributed by atoms with van der Waals surface area (Å²) in [7, 11) is 1.60. The number of carboxylic acids is 1. The van der Waals surface area contributed by atoms with E-state index in [0.29, 0.717) is 12.8 Å². The molecule has 3 N–H and O–H groups in total. The number of nitrogens with two attached hydrogens (primary N) is 1. The van der Waals surface area contributed by atoms with Crippen molar-refractivity contribution in [3.63, 3.8) is 0 Å². The minimum absolute atomic E-state index is 0.170. The zero-order valence-corrected chi connectivity index (χ0v) is 9.72. The van der Waals surface area contributed by atoms with Gasteiger partial charge in [0.1, 0.15) is 0 Å². The average Bonchev–Trinajstić information content (AvgIpc) is 2.28. The van der Waals surface area contributed by atoms with Gasteiger partial charge in [-0.2, -0.15) is 0 Å². The Hall–Kier alpha value is -2.04. The molecular formula is C12H16N2O3. The van der Waals surface area contributed by atoms with Crippen molar-refractivity contribution in [3.05, 3.63) is 29.8 Å². The number of primary amides is 1. The van der Waals surface area contributed by atoms with Crippen molar-refractivity contribution >= 4 is 17.7 Å². The Morgan fingerprint density at radius 2 is 1.88 bits per heavy atom. The van der Waals surface area contributed by atoms with Gasteiger partial charge in [0.05, 0.1) is 0 Å². The van der Waals surface area contributed by atoms with Gasteiger partial charge in [-0.1, -0.05) is 12.1 Å². The number of aliphatic carboxylic acids is 1. The zero-order chi connectivity index (χ0) is 12.8. The minimum Gasteiger partial charge on any atom is -0.481 e. The summed E-state index contributed by atoms with van der Waals surface area (Å²) in [5.74, 6) is -0.782. The Balaban J connectivity index is 2.56. The molecule has 1 rings (SSSR count). The summed E-state index contributed by atoms with van der Waals surface area (Å²) < 4.78 is 0. The molecule has 1 aromatic carbocycles. The minimum atomic E-state index is -0.782. The third kappa shape index (κ3) is 4.14. The molecule has 0 aliphatic rings. The van der Waals surface area contributed by atoms with Gasteiger partial charge in [0.15, 0.2) is 0 Å². The molecule has 0 saturated carbocycles.